The number of carbonyl (C=O) groups is 4. The molecule has 0 bridgehead atoms. The van der Waals surface area contributed by atoms with Crippen LogP contribution in [-0.4, -0.2) is 44.6 Å². The van der Waals surface area contributed by atoms with Gasteiger partial charge in [0.2, 0.25) is 5.91 Å². The van der Waals surface area contributed by atoms with Crippen molar-refractivity contribution < 1.29 is 38.1 Å². The lowest BCUT2D eigenvalue weighted by Crippen LogP contribution is -2.21. The zero-order valence-electron chi connectivity index (χ0n) is 21.0. The lowest BCUT2D eigenvalue weighted by atomic mass is 10.2. The summed E-state index contributed by atoms with van der Waals surface area (Å²) >= 11 is 0. The molecule has 0 fully saturated rings. The lowest BCUT2D eigenvalue weighted by Gasteiger charge is -2.11. The van der Waals surface area contributed by atoms with Crippen molar-refractivity contribution >= 4 is 35.1 Å². The van der Waals surface area contributed by atoms with Crippen LogP contribution in [0.1, 0.15) is 29.6 Å². The van der Waals surface area contributed by atoms with Crippen LogP contribution in [0.2, 0.25) is 0 Å². The summed E-state index contributed by atoms with van der Waals surface area (Å²) in [6.07, 6.45) is 0.351. The van der Waals surface area contributed by atoms with Crippen molar-refractivity contribution in [2.24, 2.45) is 0 Å². The van der Waals surface area contributed by atoms with Gasteiger partial charge in [0, 0.05) is 24.2 Å². The van der Waals surface area contributed by atoms with Gasteiger partial charge in [-0.15, -0.1) is 0 Å². The summed E-state index contributed by atoms with van der Waals surface area (Å²) in [6, 6.07) is 20.2. The number of esters is 2. The number of ether oxygens (including phenoxy) is 4. The van der Waals surface area contributed by atoms with Gasteiger partial charge in [-0.25, -0.2) is 4.79 Å². The molecule has 0 unspecified atom stereocenters. The molecule has 0 radical (unpaired) electrons. The quantitative estimate of drug-likeness (QED) is 0.333. The van der Waals surface area contributed by atoms with Crippen LogP contribution in [0, 0.1) is 0 Å². The Bertz CT molecular complexity index is 1260. The molecule has 0 aliphatic rings. The van der Waals surface area contributed by atoms with E-state index in [2.05, 4.69) is 15.4 Å². The smallest absolute Gasteiger partial charge is 0.337 e. The lowest BCUT2D eigenvalue weighted by molar-refractivity contribution is -0.147. The van der Waals surface area contributed by atoms with E-state index in [9.17, 15) is 19.2 Å². The van der Waals surface area contributed by atoms with Gasteiger partial charge < -0.3 is 29.6 Å². The van der Waals surface area contributed by atoms with Crippen molar-refractivity contribution in [2.45, 2.75) is 19.3 Å². The van der Waals surface area contributed by atoms with E-state index in [0.29, 0.717) is 34.2 Å². The number of amides is 2. The van der Waals surface area contributed by atoms with Gasteiger partial charge in [0.1, 0.15) is 5.75 Å². The third kappa shape index (κ3) is 8.66. The molecule has 198 valence electrons. The minimum absolute atomic E-state index is 0.0137. The second-order valence-electron chi connectivity index (χ2n) is 7.96. The molecule has 0 aromatic heterocycles. The fourth-order valence-corrected chi connectivity index (χ4v) is 3.28. The molecule has 3 aromatic carbocycles. The van der Waals surface area contributed by atoms with Gasteiger partial charge >= 0.3 is 11.9 Å². The zero-order chi connectivity index (χ0) is 27.3. The predicted molar refractivity (Wildman–Crippen MR) is 139 cm³/mol. The van der Waals surface area contributed by atoms with Gasteiger partial charge in [-0.2, -0.15) is 0 Å². The number of methoxy groups -OCH3 is 2. The maximum Gasteiger partial charge on any atom is 0.337 e. The molecule has 0 aliphatic heterocycles. The number of hydrogen-bond acceptors (Lipinski definition) is 8. The number of hydrogen-bond donors (Lipinski definition) is 2. The normalized spacial score (nSPS) is 10.2. The first-order valence-corrected chi connectivity index (χ1v) is 11.7. The molecule has 0 spiro atoms. The van der Waals surface area contributed by atoms with E-state index >= 15 is 0 Å². The summed E-state index contributed by atoms with van der Waals surface area (Å²) in [5.74, 6) is -0.104. The Morgan fingerprint density at radius 2 is 1.32 bits per heavy atom. The largest absolute Gasteiger partial charge is 0.493 e. The molecule has 2 amide bonds. The number of anilines is 2. The Balaban J connectivity index is 1.33. The molecule has 0 atom stereocenters. The molecule has 2 N–H and O–H groups in total. The average Bonchev–Trinajstić information content (AvgIpc) is 2.93. The van der Waals surface area contributed by atoms with Gasteiger partial charge in [-0.3, -0.25) is 14.4 Å². The van der Waals surface area contributed by atoms with Crippen molar-refractivity contribution in [2.75, 3.05) is 31.5 Å². The monoisotopic (exact) mass is 520 g/mol. The van der Waals surface area contributed by atoms with Crippen LogP contribution in [0.25, 0.3) is 0 Å². The molecule has 0 saturated carbocycles. The third-order valence-electron chi connectivity index (χ3n) is 5.17. The van der Waals surface area contributed by atoms with E-state index < -0.39 is 24.5 Å². The summed E-state index contributed by atoms with van der Waals surface area (Å²) in [5.41, 5.74) is 1.37. The van der Waals surface area contributed by atoms with Crippen LogP contribution in [0.4, 0.5) is 11.4 Å². The van der Waals surface area contributed by atoms with Crippen molar-refractivity contribution in [1.82, 2.24) is 0 Å². The third-order valence-corrected chi connectivity index (χ3v) is 5.17. The van der Waals surface area contributed by atoms with Gasteiger partial charge in [0.05, 0.1) is 19.8 Å². The predicted octanol–water partition coefficient (Wildman–Crippen LogP) is 4.56. The van der Waals surface area contributed by atoms with E-state index in [4.69, 9.17) is 14.2 Å². The minimum atomic E-state index is -0.591. The highest BCUT2D eigenvalue weighted by Gasteiger charge is 2.11. The molecule has 0 aliphatic carbocycles. The van der Waals surface area contributed by atoms with E-state index in [1.165, 1.54) is 31.4 Å². The molecule has 3 aromatic rings. The van der Waals surface area contributed by atoms with Gasteiger partial charge in [0.15, 0.2) is 18.1 Å². The first-order valence-electron chi connectivity index (χ1n) is 11.7. The van der Waals surface area contributed by atoms with Crippen LogP contribution in [-0.2, 0) is 23.9 Å². The Hall–Kier alpha value is -4.86. The highest BCUT2D eigenvalue weighted by Crippen LogP contribution is 2.31. The number of benzene rings is 3. The number of rotatable bonds is 12. The Kier molecular flexibility index (Phi) is 10.2. The molecule has 10 nitrogen and oxygen atoms in total. The topological polar surface area (TPSA) is 129 Å². The molecule has 3 rings (SSSR count). The number of nitrogens with one attached hydrogen (secondary N) is 2. The van der Waals surface area contributed by atoms with Gasteiger partial charge in [0.25, 0.3) is 5.91 Å². The first kappa shape index (κ1) is 27.7. The van der Waals surface area contributed by atoms with Crippen molar-refractivity contribution in [1.29, 1.82) is 0 Å². The Morgan fingerprint density at radius 1 is 0.711 bits per heavy atom. The van der Waals surface area contributed by atoms with Crippen LogP contribution in [0.3, 0.4) is 0 Å². The van der Waals surface area contributed by atoms with E-state index in [1.54, 1.807) is 43.5 Å². The highest BCUT2D eigenvalue weighted by atomic mass is 16.5. The second-order valence-corrected chi connectivity index (χ2v) is 7.96. The molecule has 0 saturated heterocycles. The fraction of sp³-hybridized carbons (Fsp3) is 0.214. The molecule has 38 heavy (non-hydrogen) atoms. The Labute approximate surface area is 219 Å². The zero-order valence-corrected chi connectivity index (χ0v) is 21.0. The van der Waals surface area contributed by atoms with Crippen molar-refractivity contribution in [3.05, 3.63) is 78.4 Å². The highest BCUT2D eigenvalue weighted by molar-refractivity contribution is 5.94. The summed E-state index contributed by atoms with van der Waals surface area (Å²) in [6.45, 7) is -0.465. The summed E-state index contributed by atoms with van der Waals surface area (Å²) < 4.78 is 20.6. The average molecular weight is 521 g/mol. The number of para-hydroxylation sites is 2. The van der Waals surface area contributed by atoms with Gasteiger partial charge in [-0.1, -0.05) is 12.1 Å². The van der Waals surface area contributed by atoms with E-state index in [-0.39, 0.29) is 25.2 Å². The van der Waals surface area contributed by atoms with Crippen molar-refractivity contribution in [3.8, 4) is 17.2 Å². The van der Waals surface area contributed by atoms with Crippen LogP contribution in [0.5, 0.6) is 17.2 Å². The maximum absolute atomic E-state index is 12.2. The van der Waals surface area contributed by atoms with Crippen molar-refractivity contribution in [3.63, 3.8) is 0 Å². The SMILES string of the molecule is COC(=O)c1ccc(NC(=O)COC(=O)CCCC(=O)Nc2ccc(Oc3ccccc3OC)cc2)cc1. The molecular weight excluding hydrogens is 492 g/mol. The Morgan fingerprint density at radius 3 is 1.95 bits per heavy atom. The fourth-order valence-electron chi connectivity index (χ4n) is 3.28. The summed E-state index contributed by atoms with van der Waals surface area (Å²) in [7, 11) is 2.84. The molecule has 0 heterocycles. The molecule has 10 heteroatoms. The van der Waals surface area contributed by atoms with Crippen LogP contribution < -0.4 is 20.1 Å². The number of carbonyl (C=O) groups excluding carboxylic acids is 4. The standard InChI is InChI=1S/C28H28N2O8/c1-35-23-6-3-4-7-24(23)38-22-16-14-21(15-17-22)29-25(31)8-5-9-27(33)37-18-26(32)30-20-12-10-19(11-13-20)28(34)36-2/h3-4,6-7,10-17H,5,8-9,18H2,1-2H3,(H,29,31)(H,30,32). The summed E-state index contributed by atoms with van der Waals surface area (Å²) in [5, 5.41) is 5.32. The maximum atomic E-state index is 12.2. The first-order chi connectivity index (χ1) is 18.4. The van der Waals surface area contributed by atoms with Crippen LogP contribution >= 0.6 is 0 Å². The van der Waals surface area contributed by atoms with Crippen LogP contribution in [0.15, 0.2) is 72.8 Å². The van der Waals surface area contributed by atoms with Gasteiger partial charge in [-0.05, 0) is 67.1 Å². The summed E-state index contributed by atoms with van der Waals surface area (Å²) in [4.78, 5) is 47.5. The molecular formula is C28H28N2O8. The van der Waals surface area contributed by atoms with E-state index in [1.807, 2.05) is 12.1 Å². The van der Waals surface area contributed by atoms with E-state index in [0.717, 1.165) is 0 Å². The minimum Gasteiger partial charge on any atom is -0.493 e. The second kappa shape index (κ2) is 14.0.